The van der Waals surface area contributed by atoms with Gasteiger partial charge in [-0.05, 0) is 49.6 Å². The molecule has 4 rings (SSSR count). The minimum absolute atomic E-state index is 0.113. The Morgan fingerprint density at radius 3 is 2.71 bits per heavy atom. The van der Waals surface area contributed by atoms with E-state index in [9.17, 15) is 8.42 Å². The van der Waals surface area contributed by atoms with Gasteiger partial charge < -0.3 is 14.0 Å². The van der Waals surface area contributed by atoms with Crippen molar-refractivity contribution in [3.8, 4) is 0 Å². The van der Waals surface area contributed by atoms with E-state index >= 15 is 0 Å². The number of aryl methyl sites for hydroxylation is 2. The second kappa shape index (κ2) is 10.8. The molecule has 1 saturated heterocycles. The predicted molar refractivity (Wildman–Crippen MR) is 129 cm³/mol. The van der Waals surface area contributed by atoms with Crippen molar-refractivity contribution in [2.75, 3.05) is 13.2 Å². The first kappa shape index (κ1) is 25.2. The standard InChI is InChI=1S/C24H26Cl2N2O5S/c1-18-4-8-22(9-5-18)34(29,30)32-15-21-14-31-24(33-21,16-28-12-11-27-17-28)10-2-3-19-6-7-20(25)13-23(19)26/h4-9,11-13,17,21H,2-3,10,14-16H2,1H3/t21-,24-/m0/s1. The van der Waals surface area contributed by atoms with Crippen LogP contribution in [0.1, 0.15) is 24.0 Å². The van der Waals surface area contributed by atoms with Crippen molar-refractivity contribution in [2.24, 2.45) is 0 Å². The van der Waals surface area contributed by atoms with Gasteiger partial charge in [0.1, 0.15) is 6.10 Å². The van der Waals surface area contributed by atoms with Crippen molar-refractivity contribution in [1.82, 2.24) is 9.55 Å². The summed E-state index contributed by atoms with van der Waals surface area (Å²) in [7, 11) is -3.89. The zero-order valence-electron chi connectivity index (χ0n) is 18.7. The molecule has 0 saturated carbocycles. The molecule has 3 aromatic rings. The van der Waals surface area contributed by atoms with Crippen molar-refractivity contribution in [1.29, 1.82) is 0 Å². The molecule has 0 aliphatic carbocycles. The van der Waals surface area contributed by atoms with Crippen LogP contribution in [-0.2, 0) is 36.7 Å². The van der Waals surface area contributed by atoms with Crippen LogP contribution in [0.15, 0.2) is 66.1 Å². The maximum absolute atomic E-state index is 12.5. The molecule has 34 heavy (non-hydrogen) atoms. The largest absolute Gasteiger partial charge is 0.345 e. The van der Waals surface area contributed by atoms with E-state index in [0.29, 0.717) is 23.0 Å². The van der Waals surface area contributed by atoms with Crippen LogP contribution < -0.4 is 0 Å². The average Bonchev–Trinajstić information content (AvgIpc) is 3.45. The molecule has 10 heteroatoms. The third-order valence-corrected chi connectivity index (χ3v) is 7.52. The molecule has 0 amide bonds. The van der Waals surface area contributed by atoms with Gasteiger partial charge in [-0.3, -0.25) is 4.18 Å². The number of hydrogen-bond acceptors (Lipinski definition) is 6. The summed E-state index contributed by atoms with van der Waals surface area (Å²) in [6.45, 7) is 2.40. The summed E-state index contributed by atoms with van der Waals surface area (Å²) in [5.41, 5.74) is 1.96. The smallest absolute Gasteiger partial charge is 0.297 e. The van der Waals surface area contributed by atoms with Crippen LogP contribution in [0.3, 0.4) is 0 Å². The highest BCUT2D eigenvalue weighted by molar-refractivity contribution is 7.86. The molecule has 0 bridgehead atoms. The first-order valence-electron chi connectivity index (χ1n) is 10.9. The number of rotatable bonds is 10. The second-order valence-electron chi connectivity index (χ2n) is 8.34. The van der Waals surface area contributed by atoms with Crippen LogP contribution in [0.5, 0.6) is 0 Å². The molecule has 1 aromatic heterocycles. The van der Waals surface area contributed by atoms with E-state index in [2.05, 4.69) is 4.98 Å². The minimum atomic E-state index is -3.89. The number of nitrogens with zero attached hydrogens (tertiary/aromatic N) is 2. The molecule has 1 aliphatic rings. The van der Waals surface area contributed by atoms with Crippen LogP contribution in [0.4, 0.5) is 0 Å². The monoisotopic (exact) mass is 524 g/mol. The molecular weight excluding hydrogens is 499 g/mol. The summed E-state index contributed by atoms with van der Waals surface area (Å²) in [6.07, 6.45) is 6.72. The molecule has 7 nitrogen and oxygen atoms in total. The van der Waals surface area contributed by atoms with E-state index < -0.39 is 22.0 Å². The Labute approximate surface area is 209 Å². The Kier molecular flexibility index (Phi) is 7.97. The predicted octanol–water partition coefficient (Wildman–Crippen LogP) is 5.04. The Bertz CT molecular complexity index is 1200. The van der Waals surface area contributed by atoms with E-state index in [0.717, 1.165) is 24.0 Å². The van der Waals surface area contributed by atoms with Crippen LogP contribution >= 0.6 is 23.2 Å². The Balaban J connectivity index is 1.39. The van der Waals surface area contributed by atoms with Crippen molar-refractivity contribution < 1.29 is 22.1 Å². The fourth-order valence-corrected chi connectivity index (χ4v) is 5.30. The third-order valence-electron chi connectivity index (χ3n) is 5.63. The zero-order chi connectivity index (χ0) is 24.2. The van der Waals surface area contributed by atoms with Crippen molar-refractivity contribution in [2.45, 2.75) is 49.5 Å². The number of imidazole rings is 1. The highest BCUT2D eigenvalue weighted by atomic mass is 35.5. The first-order chi connectivity index (χ1) is 16.2. The summed E-state index contributed by atoms with van der Waals surface area (Å²) in [6, 6.07) is 12.0. The lowest BCUT2D eigenvalue weighted by atomic mass is 10.0. The lowest BCUT2D eigenvalue weighted by Gasteiger charge is -2.28. The number of halogens is 2. The molecule has 2 heterocycles. The lowest BCUT2D eigenvalue weighted by molar-refractivity contribution is -0.185. The fraction of sp³-hybridized carbons (Fsp3) is 0.375. The molecule has 2 atom stereocenters. The maximum Gasteiger partial charge on any atom is 0.297 e. The quantitative estimate of drug-likeness (QED) is 0.345. The molecule has 0 N–H and O–H groups in total. The Hall–Kier alpha value is -1.94. The van der Waals surface area contributed by atoms with Crippen LogP contribution in [0.25, 0.3) is 0 Å². The van der Waals surface area contributed by atoms with Crippen molar-refractivity contribution in [3.05, 3.63) is 82.4 Å². The van der Waals surface area contributed by atoms with Crippen molar-refractivity contribution >= 4 is 33.3 Å². The fourth-order valence-electron chi connectivity index (χ4n) is 3.86. The molecule has 2 aromatic carbocycles. The molecular formula is C24H26Cl2N2O5S. The maximum atomic E-state index is 12.5. The van der Waals surface area contributed by atoms with Crippen LogP contribution in [0, 0.1) is 6.92 Å². The number of aromatic nitrogens is 2. The number of ether oxygens (including phenoxy) is 2. The van der Waals surface area contributed by atoms with Gasteiger partial charge in [-0.2, -0.15) is 8.42 Å². The SMILES string of the molecule is Cc1ccc(S(=O)(=O)OC[C@@H]2CO[C@](CCCc3ccc(Cl)cc3Cl)(Cn3ccnc3)O2)cc1. The summed E-state index contributed by atoms with van der Waals surface area (Å²) < 4.78 is 44.6. The molecule has 0 spiro atoms. The van der Waals surface area contributed by atoms with Gasteiger partial charge in [0.25, 0.3) is 10.1 Å². The highest BCUT2D eigenvalue weighted by Crippen LogP contribution is 2.32. The molecule has 1 aliphatic heterocycles. The van der Waals surface area contributed by atoms with Gasteiger partial charge in [-0.15, -0.1) is 0 Å². The summed E-state index contributed by atoms with van der Waals surface area (Å²) in [5, 5.41) is 1.22. The minimum Gasteiger partial charge on any atom is -0.345 e. The summed E-state index contributed by atoms with van der Waals surface area (Å²) >= 11 is 12.3. The third kappa shape index (κ3) is 6.38. The first-order valence-corrected chi connectivity index (χ1v) is 13.1. The van der Waals surface area contributed by atoms with Crippen molar-refractivity contribution in [3.63, 3.8) is 0 Å². The van der Waals surface area contributed by atoms with E-state index in [1.54, 1.807) is 30.7 Å². The summed E-state index contributed by atoms with van der Waals surface area (Å²) in [5.74, 6) is -0.929. The van der Waals surface area contributed by atoms with E-state index in [1.165, 1.54) is 12.1 Å². The summed E-state index contributed by atoms with van der Waals surface area (Å²) in [4.78, 5) is 4.20. The van der Waals surface area contributed by atoms with E-state index in [1.807, 2.05) is 29.8 Å². The number of hydrogen-bond donors (Lipinski definition) is 0. The van der Waals surface area contributed by atoms with Gasteiger partial charge in [0, 0.05) is 28.9 Å². The van der Waals surface area contributed by atoms with Gasteiger partial charge in [0.05, 0.1) is 31.0 Å². The van der Waals surface area contributed by atoms with E-state index in [-0.39, 0.29) is 18.1 Å². The molecule has 182 valence electrons. The molecule has 0 unspecified atom stereocenters. The lowest BCUT2D eigenvalue weighted by Crippen LogP contribution is -2.37. The zero-order valence-corrected chi connectivity index (χ0v) is 21.0. The van der Waals surface area contributed by atoms with Gasteiger partial charge in [-0.25, -0.2) is 4.98 Å². The second-order valence-corrected chi connectivity index (χ2v) is 10.8. The van der Waals surface area contributed by atoms with Gasteiger partial charge in [0.15, 0.2) is 5.79 Å². The molecule has 1 fully saturated rings. The van der Waals surface area contributed by atoms with Gasteiger partial charge in [0.2, 0.25) is 0 Å². The highest BCUT2D eigenvalue weighted by Gasteiger charge is 2.42. The topological polar surface area (TPSA) is 79.7 Å². The molecule has 0 radical (unpaired) electrons. The number of benzene rings is 2. The average molecular weight is 525 g/mol. The normalized spacial score (nSPS) is 20.6. The Morgan fingerprint density at radius 2 is 2.00 bits per heavy atom. The van der Waals surface area contributed by atoms with Gasteiger partial charge >= 0.3 is 0 Å². The van der Waals surface area contributed by atoms with Crippen LogP contribution in [-0.4, -0.2) is 43.1 Å². The van der Waals surface area contributed by atoms with E-state index in [4.69, 9.17) is 36.9 Å². The van der Waals surface area contributed by atoms with Crippen LogP contribution in [0.2, 0.25) is 10.0 Å². The Morgan fingerprint density at radius 1 is 1.21 bits per heavy atom. The van der Waals surface area contributed by atoms with Gasteiger partial charge in [-0.1, -0.05) is 47.0 Å².